The molecule has 5 heteroatoms. The van der Waals surface area contributed by atoms with Crippen LogP contribution in [-0.2, 0) is 0 Å². The van der Waals surface area contributed by atoms with Gasteiger partial charge >= 0.3 is 0 Å². The molecule has 1 aromatic heterocycles. The molecule has 1 nitrogen and oxygen atoms in total. The van der Waals surface area contributed by atoms with Crippen LogP contribution < -0.4 is 0 Å². The number of hydrogen-bond donors (Lipinski definition) is 0. The molecule has 0 atom stereocenters. The summed E-state index contributed by atoms with van der Waals surface area (Å²) in [6.07, 6.45) is 0. The molecule has 0 unspecified atom stereocenters. The van der Waals surface area contributed by atoms with Crippen molar-refractivity contribution in [2.45, 2.75) is 0 Å². The van der Waals surface area contributed by atoms with Crippen molar-refractivity contribution in [3.8, 4) is 0 Å². The Morgan fingerprint density at radius 2 is 2.43 bits per heavy atom. The topological polar surface area (TPSA) is 12.9 Å². The van der Waals surface area contributed by atoms with Gasteiger partial charge in [0.2, 0.25) is 0 Å². The molecule has 1 heterocycles. The van der Waals surface area contributed by atoms with Gasteiger partial charge in [-0.15, -0.1) is 24.0 Å². The van der Waals surface area contributed by atoms with Gasteiger partial charge in [-0.05, 0) is 22.6 Å². The minimum absolute atomic E-state index is 0. The molecule has 1 rings (SSSR count). The number of nitrogens with zero attached hydrogens (tertiary/aromatic N) is 1. The number of rotatable bonds is 0. The SMILES string of the molecule is I.S=c1ncss1. The molecule has 0 aliphatic carbocycles. The van der Waals surface area contributed by atoms with Gasteiger partial charge in [-0.3, -0.25) is 0 Å². The van der Waals surface area contributed by atoms with E-state index in [0.717, 1.165) is 3.95 Å². The molecule has 7 heavy (non-hydrogen) atoms. The van der Waals surface area contributed by atoms with E-state index in [0.29, 0.717) is 0 Å². The van der Waals surface area contributed by atoms with Crippen LogP contribution in [0.2, 0.25) is 0 Å². The summed E-state index contributed by atoms with van der Waals surface area (Å²) >= 11 is 4.66. The molecular formula is C2H2INS3. The van der Waals surface area contributed by atoms with Gasteiger partial charge in [0.25, 0.3) is 0 Å². The highest BCUT2D eigenvalue weighted by Crippen LogP contribution is 2.03. The Labute approximate surface area is 70.8 Å². The van der Waals surface area contributed by atoms with Crippen LogP contribution in [0.5, 0.6) is 0 Å². The second kappa shape index (κ2) is 3.88. The Balaban J connectivity index is 0.000000360. The molecule has 0 saturated heterocycles. The molecule has 0 aliphatic rings. The molecule has 40 valence electrons. The smallest absolute Gasteiger partial charge is 0.191 e. The fraction of sp³-hybridized carbons (Fsp3) is 0. The Morgan fingerprint density at radius 1 is 1.71 bits per heavy atom. The van der Waals surface area contributed by atoms with E-state index in [-0.39, 0.29) is 24.0 Å². The summed E-state index contributed by atoms with van der Waals surface area (Å²) in [5.74, 6) is 0. The van der Waals surface area contributed by atoms with E-state index < -0.39 is 0 Å². The summed E-state index contributed by atoms with van der Waals surface area (Å²) < 4.78 is 0.736. The van der Waals surface area contributed by atoms with E-state index in [4.69, 9.17) is 0 Å². The van der Waals surface area contributed by atoms with Crippen molar-refractivity contribution in [2.75, 3.05) is 0 Å². The molecule has 0 fully saturated rings. The molecule has 0 N–H and O–H groups in total. The fourth-order valence-electron chi connectivity index (χ4n) is 0.149. The van der Waals surface area contributed by atoms with Crippen molar-refractivity contribution < 1.29 is 0 Å². The first-order valence-electron chi connectivity index (χ1n) is 1.29. The van der Waals surface area contributed by atoms with Gasteiger partial charge < -0.3 is 0 Å². The first-order chi connectivity index (χ1) is 2.89. The summed E-state index contributed by atoms with van der Waals surface area (Å²) in [7, 11) is 3.09. The maximum Gasteiger partial charge on any atom is 0.191 e. The lowest BCUT2D eigenvalue weighted by Gasteiger charge is -1.46. The highest BCUT2D eigenvalue weighted by atomic mass is 127. The third kappa shape index (κ3) is 2.68. The third-order valence-corrected chi connectivity index (χ3v) is 2.55. The van der Waals surface area contributed by atoms with E-state index in [2.05, 4.69) is 17.2 Å². The lowest BCUT2D eigenvalue weighted by Crippen LogP contribution is -1.45. The predicted octanol–water partition coefficient (Wildman–Crippen LogP) is 2.55. The first kappa shape index (κ1) is 7.93. The van der Waals surface area contributed by atoms with E-state index in [1.54, 1.807) is 15.9 Å². The first-order valence-corrected chi connectivity index (χ1v) is 3.91. The van der Waals surface area contributed by atoms with Crippen LogP contribution in [0.25, 0.3) is 0 Å². The van der Waals surface area contributed by atoms with Gasteiger partial charge in [-0.2, -0.15) is 0 Å². The normalized spacial score (nSPS) is 7.43. The van der Waals surface area contributed by atoms with Crippen LogP contribution in [0, 0.1) is 3.95 Å². The van der Waals surface area contributed by atoms with Crippen molar-refractivity contribution in [3.63, 3.8) is 0 Å². The van der Waals surface area contributed by atoms with Crippen molar-refractivity contribution >= 4 is 56.9 Å². The maximum absolute atomic E-state index is 4.66. The molecule has 0 amide bonds. The zero-order valence-corrected chi connectivity index (χ0v) is 7.94. The Hall–Kier alpha value is 0.930. The Morgan fingerprint density at radius 3 is 2.57 bits per heavy atom. The molecular weight excluding hydrogens is 261 g/mol. The van der Waals surface area contributed by atoms with Crippen LogP contribution in [0.15, 0.2) is 5.51 Å². The van der Waals surface area contributed by atoms with Gasteiger partial charge in [-0.25, -0.2) is 4.98 Å². The van der Waals surface area contributed by atoms with Gasteiger partial charge in [0.05, 0.1) is 5.51 Å². The van der Waals surface area contributed by atoms with Gasteiger partial charge in [0.15, 0.2) is 3.95 Å². The monoisotopic (exact) mass is 263 g/mol. The molecule has 0 aliphatic heterocycles. The molecule has 0 aromatic carbocycles. The van der Waals surface area contributed by atoms with Gasteiger partial charge in [-0.1, -0.05) is 10.3 Å². The molecule has 0 radical (unpaired) electrons. The Bertz CT molecular complexity index is 151. The van der Waals surface area contributed by atoms with Crippen molar-refractivity contribution in [2.24, 2.45) is 0 Å². The lowest BCUT2D eigenvalue weighted by molar-refractivity contribution is 1.43. The molecule has 0 saturated carbocycles. The minimum atomic E-state index is 0. The standard InChI is InChI=1S/C2HNS3.HI/c4-2-3-1-5-6-2;/h1H;1H. The minimum Gasteiger partial charge on any atom is -0.222 e. The molecule has 0 bridgehead atoms. The second-order valence-electron chi connectivity index (χ2n) is 0.680. The van der Waals surface area contributed by atoms with Crippen molar-refractivity contribution in [1.82, 2.24) is 4.98 Å². The second-order valence-corrected chi connectivity index (χ2v) is 3.36. The predicted molar refractivity (Wildman–Crippen MR) is 46.2 cm³/mol. The molecule has 0 spiro atoms. The quantitative estimate of drug-likeness (QED) is 0.405. The lowest BCUT2D eigenvalue weighted by atomic mass is 11.4. The van der Waals surface area contributed by atoms with Crippen LogP contribution in [0.1, 0.15) is 0 Å². The largest absolute Gasteiger partial charge is 0.222 e. The van der Waals surface area contributed by atoms with Crippen molar-refractivity contribution in [3.05, 3.63) is 9.46 Å². The van der Waals surface area contributed by atoms with Crippen LogP contribution in [0.3, 0.4) is 0 Å². The number of halogens is 1. The number of hydrogen-bond acceptors (Lipinski definition) is 4. The van der Waals surface area contributed by atoms with E-state index in [9.17, 15) is 0 Å². The zero-order valence-electron chi connectivity index (χ0n) is 3.16. The maximum atomic E-state index is 4.66. The fourth-order valence-corrected chi connectivity index (χ4v) is 1.69. The van der Waals surface area contributed by atoms with Crippen LogP contribution >= 0.6 is 56.9 Å². The Kier molecular flexibility index (Phi) is 4.39. The zero-order chi connectivity index (χ0) is 4.41. The summed E-state index contributed by atoms with van der Waals surface area (Å²) in [6.45, 7) is 0. The average molecular weight is 263 g/mol. The summed E-state index contributed by atoms with van der Waals surface area (Å²) in [5, 5.41) is 0. The summed E-state index contributed by atoms with van der Waals surface area (Å²) in [4.78, 5) is 3.77. The van der Waals surface area contributed by atoms with Gasteiger partial charge in [0, 0.05) is 0 Å². The highest BCUT2D eigenvalue weighted by molar-refractivity contribution is 14.0. The summed E-state index contributed by atoms with van der Waals surface area (Å²) in [6, 6.07) is 0. The van der Waals surface area contributed by atoms with Crippen molar-refractivity contribution in [1.29, 1.82) is 0 Å². The van der Waals surface area contributed by atoms with Crippen LogP contribution in [-0.4, -0.2) is 4.98 Å². The van der Waals surface area contributed by atoms with Gasteiger partial charge in [0.1, 0.15) is 0 Å². The average Bonchev–Trinajstić information content (AvgIpc) is 1.86. The highest BCUT2D eigenvalue weighted by Gasteiger charge is 1.71. The summed E-state index contributed by atoms with van der Waals surface area (Å²) in [5.41, 5.74) is 1.74. The number of aromatic nitrogens is 1. The third-order valence-electron chi connectivity index (χ3n) is 0.321. The molecule has 1 aromatic rings. The van der Waals surface area contributed by atoms with E-state index in [1.165, 1.54) is 10.3 Å². The van der Waals surface area contributed by atoms with E-state index in [1.807, 2.05) is 0 Å². The van der Waals surface area contributed by atoms with Crippen LogP contribution in [0.4, 0.5) is 0 Å². The van der Waals surface area contributed by atoms with E-state index >= 15 is 0 Å².